The van der Waals surface area contributed by atoms with Gasteiger partial charge in [-0.1, -0.05) is 28.1 Å². The Labute approximate surface area is 137 Å². The summed E-state index contributed by atoms with van der Waals surface area (Å²) < 4.78 is 16.4. The monoisotopic (exact) mass is 362 g/mol. The maximum Gasteiger partial charge on any atom is 0.373 e. The number of hydrogen-bond donors (Lipinski definition) is 0. The van der Waals surface area contributed by atoms with Crippen LogP contribution >= 0.6 is 15.9 Å². The number of halogens is 1. The molecule has 0 spiro atoms. The van der Waals surface area contributed by atoms with Crippen molar-refractivity contribution in [2.24, 2.45) is 0 Å². The van der Waals surface area contributed by atoms with Gasteiger partial charge in [-0.25, -0.2) is 4.79 Å². The molecule has 0 N–H and O–H groups in total. The Bertz CT molecular complexity index is 660. The van der Waals surface area contributed by atoms with Crippen molar-refractivity contribution in [1.82, 2.24) is 0 Å². The number of rotatable bonds is 5. The lowest BCUT2D eigenvalue weighted by molar-refractivity contribution is -0.138. The van der Waals surface area contributed by atoms with Crippen LogP contribution in [0, 0.1) is 0 Å². The lowest BCUT2D eigenvalue weighted by Gasteiger charge is -2.09. The van der Waals surface area contributed by atoms with E-state index < -0.39 is 5.97 Å². The first-order valence-electron chi connectivity index (χ1n) is 6.50. The standard InChI is InChI=1S/C17H15BrO4/c1-20-14-7-3-12(4-8-14)11-16(17(19)21-2)22-15-9-5-13(18)6-10-15/h3-11H,1-2H3/b16-11-. The van der Waals surface area contributed by atoms with Gasteiger partial charge >= 0.3 is 5.97 Å². The number of carbonyl (C=O) groups excluding carboxylic acids is 1. The van der Waals surface area contributed by atoms with Crippen LogP contribution in [0.4, 0.5) is 0 Å². The third-order valence-corrected chi connectivity index (χ3v) is 3.37. The van der Waals surface area contributed by atoms with E-state index in [-0.39, 0.29) is 5.76 Å². The Balaban J connectivity index is 2.26. The molecular weight excluding hydrogens is 348 g/mol. The van der Waals surface area contributed by atoms with Gasteiger partial charge in [-0.3, -0.25) is 0 Å². The van der Waals surface area contributed by atoms with Crippen LogP contribution in [0.2, 0.25) is 0 Å². The second-order valence-electron chi connectivity index (χ2n) is 4.33. The van der Waals surface area contributed by atoms with Gasteiger partial charge in [0.2, 0.25) is 5.76 Å². The maximum absolute atomic E-state index is 11.9. The van der Waals surface area contributed by atoms with Crippen molar-refractivity contribution in [1.29, 1.82) is 0 Å². The van der Waals surface area contributed by atoms with Gasteiger partial charge in [-0.15, -0.1) is 0 Å². The number of benzene rings is 2. The zero-order chi connectivity index (χ0) is 15.9. The van der Waals surface area contributed by atoms with E-state index in [2.05, 4.69) is 15.9 Å². The van der Waals surface area contributed by atoms with Crippen molar-refractivity contribution < 1.29 is 19.0 Å². The molecule has 0 aliphatic carbocycles. The summed E-state index contributed by atoms with van der Waals surface area (Å²) in [5.74, 6) is 0.854. The predicted octanol–water partition coefficient (Wildman–Crippen LogP) is 4.05. The highest BCUT2D eigenvalue weighted by Gasteiger charge is 2.13. The summed E-state index contributed by atoms with van der Waals surface area (Å²) >= 11 is 3.35. The Morgan fingerprint density at radius 1 is 0.955 bits per heavy atom. The first-order chi connectivity index (χ1) is 10.6. The van der Waals surface area contributed by atoms with E-state index in [0.29, 0.717) is 5.75 Å². The summed E-state index contributed by atoms with van der Waals surface area (Å²) in [6.07, 6.45) is 1.62. The Morgan fingerprint density at radius 3 is 2.09 bits per heavy atom. The SMILES string of the molecule is COC(=O)/C(=C/c1ccc(OC)cc1)Oc1ccc(Br)cc1. The molecule has 0 aromatic heterocycles. The molecule has 0 heterocycles. The molecular formula is C17H15BrO4. The molecule has 0 atom stereocenters. The van der Waals surface area contributed by atoms with Gasteiger partial charge in [0, 0.05) is 4.47 Å². The second kappa shape index (κ2) is 7.66. The summed E-state index contributed by atoms with van der Waals surface area (Å²) in [4.78, 5) is 11.9. The number of methoxy groups -OCH3 is 2. The van der Waals surface area contributed by atoms with Crippen molar-refractivity contribution in [3.05, 3.63) is 64.3 Å². The first kappa shape index (κ1) is 16.1. The van der Waals surface area contributed by atoms with Crippen LogP contribution < -0.4 is 9.47 Å². The van der Waals surface area contributed by atoms with Crippen LogP contribution in [0.25, 0.3) is 6.08 Å². The van der Waals surface area contributed by atoms with Crippen LogP contribution in [-0.4, -0.2) is 20.2 Å². The quantitative estimate of drug-likeness (QED) is 0.457. The summed E-state index contributed by atoms with van der Waals surface area (Å²) in [5.41, 5.74) is 0.804. The molecule has 0 radical (unpaired) electrons. The molecule has 0 saturated carbocycles. The Kier molecular flexibility index (Phi) is 5.61. The fourth-order valence-electron chi connectivity index (χ4n) is 1.71. The molecule has 5 heteroatoms. The van der Waals surface area contributed by atoms with Gasteiger partial charge < -0.3 is 14.2 Å². The van der Waals surface area contributed by atoms with E-state index in [1.165, 1.54) is 7.11 Å². The van der Waals surface area contributed by atoms with Crippen LogP contribution in [0.1, 0.15) is 5.56 Å². The minimum absolute atomic E-state index is 0.106. The van der Waals surface area contributed by atoms with Crippen LogP contribution in [0.5, 0.6) is 11.5 Å². The van der Waals surface area contributed by atoms with Crippen LogP contribution in [0.3, 0.4) is 0 Å². The van der Waals surface area contributed by atoms with Gasteiger partial charge in [-0.05, 0) is 48.0 Å². The minimum atomic E-state index is -0.543. The van der Waals surface area contributed by atoms with E-state index in [4.69, 9.17) is 14.2 Å². The summed E-state index contributed by atoms with van der Waals surface area (Å²) in [7, 11) is 2.91. The molecule has 0 unspecified atom stereocenters. The minimum Gasteiger partial charge on any atom is -0.497 e. The number of carbonyl (C=O) groups is 1. The molecule has 0 fully saturated rings. The van der Waals surface area contributed by atoms with Gasteiger partial charge in [0.15, 0.2) is 0 Å². The molecule has 2 rings (SSSR count). The van der Waals surface area contributed by atoms with Crippen LogP contribution in [0.15, 0.2) is 58.8 Å². The third-order valence-electron chi connectivity index (χ3n) is 2.84. The number of ether oxygens (including phenoxy) is 3. The van der Waals surface area contributed by atoms with Crippen LogP contribution in [-0.2, 0) is 9.53 Å². The highest BCUT2D eigenvalue weighted by atomic mass is 79.9. The average Bonchev–Trinajstić information content (AvgIpc) is 2.56. The fourth-order valence-corrected chi connectivity index (χ4v) is 1.98. The fraction of sp³-hybridized carbons (Fsp3) is 0.118. The van der Waals surface area contributed by atoms with Crippen molar-refractivity contribution in [3.63, 3.8) is 0 Å². The topological polar surface area (TPSA) is 44.8 Å². The molecule has 0 saturated heterocycles. The summed E-state index contributed by atoms with van der Waals surface area (Å²) in [6.45, 7) is 0. The lowest BCUT2D eigenvalue weighted by Crippen LogP contribution is -2.10. The first-order valence-corrected chi connectivity index (χ1v) is 7.29. The Morgan fingerprint density at radius 2 is 1.55 bits per heavy atom. The molecule has 22 heavy (non-hydrogen) atoms. The van der Waals surface area contributed by atoms with Crippen molar-refractivity contribution in [2.45, 2.75) is 0 Å². The molecule has 114 valence electrons. The largest absolute Gasteiger partial charge is 0.497 e. The molecule has 0 aliphatic rings. The third kappa shape index (κ3) is 4.36. The van der Waals surface area contributed by atoms with Gasteiger partial charge in [0.1, 0.15) is 11.5 Å². The van der Waals surface area contributed by atoms with Gasteiger partial charge in [0.05, 0.1) is 14.2 Å². The van der Waals surface area contributed by atoms with E-state index in [1.54, 1.807) is 37.5 Å². The molecule has 0 aliphatic heterocycles. The highest BCUT2D eigenvalue weighted by molar-refractivity contribution is 9.10. The molecule has 0 bridgehead atoms. The number of hydrogen-bond acceptors (Lipinski definition) is 4. The molecule has 2 aromatic carbocycles. The van der Waals surface area contributed by atoms with E-state index in [1.807, 2.05) is 24.3 Å². The molecule has 2 aromatic rings. The zero-order valence-corrected chi connectivity index (χ0v) is 13.8. The van der Waals surface area contributed by atoms with E-state index in [9.17, 15) is 4.79 Å². The van der Waals surface area contributed by atoms with Gasteiger partial charge in [0.25, 0.3) is 0 Å². The van der Waals surface area contributed by atoms with Crippen molar-refractivity contribution >= 4 is 28.0 Å². The normalized spacial score (nSPS) is 11.0. The molecule has 0 amide bonds. The maximum atomic E-state index is 11.9. The lowest BCUT2D eigenvalue weighted by atomic mass is 10.2. The zero-order valence-electron chi connectivity index (χ0n) is 12.2. The second-order valence-corrected chi connectivity index (χ2v) is 5.24. The van der Waals surface area contributed by atoms with Crippen molar-refractivity contribution in [3.8, 4) is 11.5 Å². The average molecular weight is 363 g/mol. The van der Waals surface area contributed by atoms with Gasteiger partial charge in [-0.2, -0.15) is 0 Å². The summed E-state index contributed by atoms with van der Waals surface area (Å²) in [5, 5.41) is 0. The van der Waals surface area contributed by atoms with Crippen molar-refractivity contribution in [2.75, 3.05) is 14.2 Å². The predicted molar refractivity (Wildman–Crippen MR) is 87.8 cm³/mol. The van der Waals surface area contributed by atoms with E-state index in [0.717, 1.165) is 15.8 Å². The van der Waals surface area contributed by atoms with E-state index >= 15 is 0 Å². The molecule has 4 nitrogen and oxygen atoms in total. The summed E-state index contributed by atoms with van der Waals surface area (Å²) in [6, 6.07) is 14.4. The smallest absolute Gasteiger partial charge is 0.373 e. The number of esters is 1. The Hall–Kier alpha value is -2.27. The highest BCUT2D eigenvalue weighted by Crippen LogP contribution is 2.20.